The lowest BCUT2D eigenvalue weighted by Gasteiger charge is -2.23. The van der Waals surface area contributed by atoms with Gasteiger partial charge in [0.25, 0.3) is 0 Å². The van der Waals surface area contributed by atoms with E-state index in [4.69, 9.17) is 14.2 Å². The van der Waals surface area contributed by atoms with Crippen LogP contribution < -0.4 is 9.47 Å². The largest absolute Gasteiger partial charge is 0.493 e. The Labute approximate surface area is 178 Å². The molecule has 164 valence electrons. The van der Waals surface area contributed by atoms with Gasteiger partial charge >= 0.3 is 5.97 Å². The number of H-pyrrole nitrogens is 1. The molecule has 0 bridgehead atoms. The van der Waals surface area contributed by atoms with Crippen LogP contribution in [0.3, 0.4) is 0 Å². The quantitative estimate of drug-likeness (QED) is 0.471. The van der Waals surface area contributed by atoms with E-state index in [2.05, 4.69) is 4.98 Å². The molecule has 1 atom stereocenters. The van der Waals surface area contributed by atoms with Crippen molar-refractivity contribution in [2.75, 3.05) is 34.4 Å². The second-order valence-electron chi connectivity index (χ2n) is 7.31. The van der Waals surface area contributed by atoms with Crippen LogP contribution in [0.25, 0.3) is 0 Å². The maximum atomic E-state index is 13.1. The maximum Gasteiger partial charge on any atom is 0.340 e. The number of benzene rings is 1. The SMILES string of the molecule is CCOC(=O)c1c(C)[nH]c(C(=O)[C@H](C)N(C)CCc2ccc(OC)c(OC)c2)c1C. The molecule has 0 aliphatic carbocycles. The number of aromatic amines is 1. The van der Waals surface area contributed by atoms with E-state index in [9.17, 15) is 9.59 Å². The van der Waals surface area contributed by atoms with E-state index in [1.54, 1.807) is 35.0 Å². The van der Waals surface area contributed by atoms with Crippen LogP contribution in [0, 0.1) is 13.8 Å². The summed E-state index contributed by atoms with van der Waals surface area (Å²) in [5.74, 6) is 0.914. The van der Waals surface area contributed by atoms with Gasteiger partial charge in [-0.3, -0.25) is 9.69 Å². The summed E-state index contributed by atoms with van der Waals surface area (Å²) in [7, 11) is 5.14. The van der Waals surface area contributed by atoms with Crippen molar-refractivity contribution in [1.82, 2.24) is 9.88 Å². The normalized spacial score (nSPS) is 12.0. The molecular weight excluding hydrogens is 384 g/mol. The molecule has 0 amide bonds. The van der Waals surface area contributed by atoms with Gasteiger partial charge in [-0.05, 0) is 64.4 Å². The number of hydrogen-bond donors (Lipinski definition) is 1. The van der Waals surface area contributed by atoms with Gasteiger partial charge in [-0.1, -0.05) is 6.07 Å². The molecule has 30 heavy (non-hydrogen) atoms. The number of carbonyl (C=O) groups excluding carboxylic acids is 2. The molecule has 1 aromatic heterocycles. The summed E-state index contributed by atoms with van der Waals surface area (Å²) in [6.45, 7) is 8.17. The summed E-state index contributed by atoms with van der Waals surface area (Å²) in [4.78, 5) is 30.4. The second kappa shape index (κ2) is 10.3. The van der Waals surface area contributed by atoms with Crippen LogP contribution in [0.4, 0.5) is 0 Å². The first-order valence-corrected chi connectivity index (χ1v) is 10.1. The van der Waals surface area contributed by atoms with Gasteiger partial charge in [-0.2, -0.15) is 0 Å². The molecule has 7 heteroatoms. The van der Waals surface area contributed by atoms with E-state index in [1.165, 1.54) is 0 Å². The molecule has 0 spiro atoms. The predicted molar refractivity (Wildman–Crippen MR) is 116 cm³/mol. The lowest BCUT2D eigenvalue weighted by molar-refractivity contribution is 0.0525. The Kier molecular flexibility index (Phi) is 8.06. The standard InChI is InChI=1S/C23H32N2O5/c1-8-30-23(27)20-14(2)21(24-15(20)3)22(26)16(4)25(5)12-11-17-9-10-18(28-6)19(13-17)29-7/h9-10,13,16,24H,8,11-12H2,1-7H3/t16-/m0/s1. The van der Waals surface area contributed by atoms with Crippen molar-refractivity contribution in [3.8, 4) is 11.5 Å². The topological polar surface area (TPSA) is 80.9 Å². The highest BCUT2D eigenvalue weighted by Crippen LogP contribution is 2.28. The lowest BCUT2D eigenvalue weighted by Crippen LogP contribution is -2.37. The van der Waals surface area contributed by atoms with Gasteiger partial charge in [-0.15, -0.1) is 0 Å². The molecule has 0 unspecified atom stereocenters. The molecular formula is C23H32N2O5. The van der Waals surface area contributed by atoms with Crippen LogP contribution in [0.15, 0.2) is 18.2 Å². The molecule has 0 aliphatic heterocycles. The smallest absolute Gasteiger partial charge is 0.340 e. The zero-order chi connectivity index (χ0) is 22.4. The summed E-state index contributed by atoms with van der Waals surface area (Å²) < 4.78 is 15.7. The Balaban J connectivity index is 2.09. The summed E-state index contributed by atoms with van der Waals surface area (Å²) >= 11 is 0. The molecule has 1 aromatic carbocycles. The fourth-order valence-electron chi connectivity index (χ4n) is 3.45. The van der Waals surface area contributed by atoms with E-state index >= 15 is 0 Å². The fraction of sp³-hybridized carbons (Fsp3) is 0.478. The zero-order valence-electron chi connectivity index (χ0n) is 18.9. The Morgan fingerprint density at radius 3 is 2.40 bits per heavy atom. The Bertz CT molecular complexity index is 903. The van der Waals surface area contributed by atoms with Gasteiger partial charge in [0, 0.05) is 12.2 Å². The highest BCUT2D eigenvalue weighted by Gasteiger charge is 2.27. The van der Waals surface area contributed by atoms with Crippen LogP contribution in [0.5, 0.6) is 11.5 Å². The summed E-state index contributed by atoms with van der Waals surface area (Å²) in [6, 6.07) is 5.47. The molecule has 1 N–H and O–H groups in total. The van der Waals surface area contributed by atoms with Crippen LogP contribution in [0.2, 0.25) is 0 Å². The molecule has 7 nitrogen and oxygen atoms in total. The number of methoxy groups -OCH3 is 2. The zero-order valence-corrected chi connectivity index (χ0v) is 18.9. The first kappa shape index (κ1) is 23.5. The molecule has 0 aliphatic rings. The molecule has 0 fully saturated rings. The maximum absolute atomic E-state index is 13.1. The van der Waals surface area contributed by atoms with E-state index in [-0.39, 0.29) is 11.8 Å². The van der Waals surface area contributed by atoms with Gasteiger partial charge in [0.15, 0.2) is 17.3 Å². The summed E-state index contributed by atoms with van der Waals surface area (Å²) in [5, 5.41) is 0. The first-order chi connectivity index (χ1) is 14.2. The van der Waals surface area contributed by atoms with Crippen molar-refractivity contribution in [1.29, 1.82) is 0 Å². The summed E-state index contributed by atoms with van der Waals surface area (Å²) in [6.07, 6.45) is 0.755. The number of carbonyl (C=O) groups is 2. The fourth-order valence-corrected chi connectivity index (χ4v) is 3.45. The van der Waals surface area contributed by atoms with Gasteiger partial charge in [0.2, 0.25) is 0 Å². The van der Waals surface area contributed by atoms with Crippen molar-refractivity contribution in [2.45, 2.75) is 40.2 Å². The van der Waals surface area contributed by atoms with E-state index in [1.807, 2.05) is 37.1 Å². The third-order valence-electron chi connectivity index (χ3n) is 5.41. The third-order valence-corrected chi connectivity index (χ3v) is 5.41. The average Bonchev–Trinajstić information content (AvgIpc) is 3.04. The van der Waals surface area contributed by atoms with E-state index in [0.29, 0.717) is 47.2 Å². The number of Topliss-reactive ketones (excluding diaryl/α,β-unsaturated/α-hetero) is 1. The third kappa shape index (κ3) is 5.02. The second-order valence-corrected chi connectivity index (χ2v) is 7.31. The number of rotatable bonds is 10. The number of nitrogens with zero attached hydrogens (tertiary/aromatic N) is 1. The number of ether oxygens (including phenoxy) is 3. The molecule has 0 saturated heterocycles. The molecule has 0 radical (unpaired) electrons. The highest BCUT2D eigenvalue weighted by molar-refractivity contribution is 6.03. The molecule has 1 heterocycles. The molecule has 0 saturated carbocycles. The van der Waals surface area contributed by atoms with Gasteiger partial charge in [0.1, 0.15) is 0 Å². The number of likely N-dealkylation sites (N-methyl/N-ethyl adjacent to an activating group) is 1. The highest BCUT2D eigenvalue weighted by atomic mass is 16.5. The van der Waals surface area contributed by atoms with Crippen molar-refractivity contribution in [2.24, 2.45) is 0 Å². The van der Waals surface area contributed by atoms with Gasteiger partial charge < -0.3 is 19.2 Å². The number of hydrogen-bond acceptors (Lipinski definition) is 6. The minimum atomic E-state index is -0.405. The monoisotopic (exact) mass is 416 g/mol. The van der Waals surface area contributed by atoms with Gasteiger partial charge in [-0.25, -0.2) is 4.79 Å². The van der Waals surface area contributed by atoms with Crippen LogP contribution in [0.1, 0.15) is 51.5 Å². The number of aromatic nitrogens is 1. The van der Waals surface area contributed by atoms with Crippen molar-refractivity contribution >= 4 is 11.8 Å². The van der Waals surface area contributed by atoms with E-state index < -0.39 is 5.97 Å². The number of esters is 1. The molecule has 2 rings (SSSR count). The summed E-state index contributed by atoms with van der Waals surface area (Å²) in [5.41, 5.74) is 3.28. The average molecular weight is 417 g/mol. The Morgan fingerprint density at radius 2 is 1.80 bits per heavy atom. The van der Waals surface area contributed by atoms with Crippen molar-refractivity contribution in [3.05, 3.63) is 46.3 Å². The number of nitrogens with one attached hydrogen (secondary N) is 1. The van der Waals surface area contributed by atoms with Crippen LogP contribution >= 0.6 is 0 Å². The lowest BCUT2D eigenvalue weighted by atomic mass is 10.0. The number of aryl methyl sites for hydroxylation is 1. The first-order valence-electron chi connectivity index (χ1n) is 10.1. The minimum absolute atomic E-state index is 0.0547. The van der Waals surface area contributed by atoms with Gasteiger partial charge in [0.05, 0.1) is 38.1 Å². The predicted octanol–water partition coefficient (Wildman–Crippen LogP) is 3.57. The van der Waals surface area contributed by atoms with E-state index in [0.717, 1.165) is 12.0 Å². The van der Waals surface area contributed by atoms with Crippen LogP contribution in [-0.4, -0.2) is 62.1 Å². The van der Waals surface area contributed by atoms with Crippen molar-refractivity contribution < 1.29 is 23.8 Å². The Hall–Kier alpha value is -2.80. The van der Waals surface area contributed by atoms with Crippen LogP contribution in [-0.2, 0) is 11.2 Å². The Morgan fingerprint density at radius 1 is 1.13 bits per heavy atom. The number of ketones is 1. The molecule has 2 aromatic rings. The minimum Gasteiger partial charge on any atom is -0.493 e. The van der Waals surface area contributed by atoms with Crippen molar-refractivity contribution in [3.63, 3.8) is 0 Å².